The molecule has 2 aromatic rings. The smallest absolute Gasteiger partial charge is 0.340 e. The topological polar surface area (TPSA) is 72.3 Å². The van der Waals surface area contributed by atoms with Crippen molar-refractivity contribution in [1.82, 2.24) is 9.36 Å². The Bertz CT molecular complexity index is 677. The molecule has 0 aliphatic heterocycles. The van der Waals surface area contributed by atoms with Gasteiger partial charge in [0.05, 0.1) is 30.2 Å². The van der Waals surface area contributed by atoms with Gasteiger partial charge in [-0.25, -0.2) is 9.78 Å². The van der Waals surface area contributed by atoms with Crippen LogP contribution in [0, 0.1) is 6.92 Å². The summed E-state index contributed by atoms with van der Waals surface area (Å²) in [6.45, 7) is 3.87. The molecule has 0 spiro atoms. The van der Waals surface area contributed by atoms with Crippen LogP contribution < -0.4 is 0 Å². The van der Waals surface area contributed by atoms with Crippen LogP contribution in [0.3, 0.4) is 0 Å². The number of aliphatic hydroxyl groups is 1. The Labute approximate surface area is 120 Å². The van der Waals surface area contributed by atoms with Crippen LogP contribution in [-0.2, 0) is 11.3 Å². The highest BCUT2D eigenvalue weighted by atomic mass is 32.1. The van der Waals surface area contributed by atoms with E-state index in [1.165, 1.54) is 11.5 Å². The van der Waals surface area contributed by atoms with E-state index in [1.807, 2.05) is 6.92 Å². The van der Waals surface area contributed by atoms with E-state index < -0.39 is 0 Å². The zero-order valence-electron chi connectivity index (χ0n) is 11.5. The second kappa shape index (κ2) is 5.10. The normalized spacial score (nSPS) is 14.8. The van der Waals surface area contributed by atoms with E-state index in [0.717, 1.165) is 34.3 Å². The van der Waals surface area contributed by atoms with Crippen LogP contribution in [0.25, 0.3) is 10.2 Å². The average Bonchev–Trinajstić information content (AvgIpc) is 3.19. The molecule has 0 saturated heterocycles. The van der Waals surface area contributed by atoms with E-state index in [4.69, 9.17) is 4.74 Å². The molecular formula is C14H16N2O3S. The van der Waals surface area contributed by atoms with Crippen molar-refractivity contribution in [2.24, 2.45) is 0 Å². The first-order chi connectivity index (χ1) is 9.67. The third-order valence-corrected chi connectivity index (χ3v) is 4.35. The number of carbonyl (C=O) groups excluding carboxylic acids is 1. The molecule has 0 aromatic carbocycles. The van der Waals surface area contributed by atoms with Crippen molar-refractivity contribution < 1.29 is 14.6 Å². The number of carbonyl (C=O) groups is 1. The van der Waals surface area contributed by atoms with Crippen molar-refractivity contribution >= 4 is 27.7 Å². The molecule has 1 fully saturated rings. The maximum atomic E-state index is 12.2. The fourth-order valence-corrected chi connectivity index (χ4v) is 3.32. The van der Waals surface area contributed by atoms with Crippen LogP contribution in [0.2, 0.25) is 0 Å². The van der Waals surface area contributed by atoms with Gasteiger partial charge in [-0.05, 0) is 43.8 Å². The van der Waals surface area contributed by atoms with Gasteiger partial charge in [0.2, 0.25) is 0 Å². The predicted molar refractivity (Wildman–Crippen MR) is 76.0 cm³/mol. The molecule has 6 heteroatoms. The first-order valence-corrected chi connectivity index (χ1v) is 7.51. The Morgan fingerprint density at radius 2 is 2.25 bits per heavy atom. The van der Waals surface area contributed by atoms with Gasteiger partial charge in [-0.1, -0.05) is 0 Å². The third-order valence-electron chi connectivity index (χ3n) is 3.57. The van der Waals surface area contributed by atoms with Gasteiger partial charge in [-0.15, -0.1) is 0 Å². The van der Waals surface area contributed by atoms with Crippen LogP contribution in [0.4, 0.5) is 0 Å². The molecular weight excluding hydrogens is 276 g/mol. The summed E-state index contributed by atoms with van der Waals surface area (Å²) in [5.74, 6) is 0.0357. The molecule has 1 saturated carbocycles. The van der Waals surface area contributed by atoms with Crippen LogP contribution in [-0.4, -0.2) is 27.0 Å². The molecule has 1 aliphatic carbocycles. The van der Waals surface area contributed by atoms with E-state index in [9.17, 15) is 9.90 Å². The lowest BCUT2D eigenvalue weighted by Crippen LogP contribution is -2.12. The molecule has 2 aromatic heterocycles. The van der Waals surface area contributed by atoms with E-state index >= 15 is 0 Å². The van der Waals surface area contributed by atoms with Crippen LogP contribution >= 0.6 is 11.5 Å². The lowest BCUT2D eigenvalue weighted by molar-refractivity contribution is 0.0524. The molecule has 1 N–H and O–H groups in total. The zero-order valence-corrected chi connectivity index (χ0v) is 12.3. The number of pyridine rings is 1. The molecule has 20 heavy (non-hydrogen) atoms. The van der Waals surface area contributed by atoms with Crippen LogP contribution in [0.15, 0.2) is 0 Å². The first kappa shape index (κ1) is 13.5. The fraction of sp³-hybridized carbons (Fsp3) is 0.500. The van der Waals surface area contributed by atoms with E-state index in [-0.39, 0.29) is 12.6 Å². The highest BCUT2D eigenvalue weighted by molar-refractivity contribution is 7.13. The molecule has 0 bridgehead atoms. The Hall–Kier alpha value is -1.53. The largest absolute Gasteiger partial charge is 0.462 e. The van der Waals surface area contributed by atoms with E-state index in [2.05, 4.69) is 9.36 Å². The van der Waals surface area contributed by atoms with Gasteiger partial charge in [0, 0.05) is 11.3 Å². The van der Waals surface area contributed by atoms with Gasteiger partial charge in [-0.2, -0.15) is 4.37 Å². The Morgan fingerprint density at radius 3 is 2.85 bits per heavy atom. The molecule has 1 aliphatic rings. The summed E-state index contributed by atoms with van der Waals surface area (Å²) in [6, 6.07) is 0. The molecule has 106 valence electrons. The lowest BCUT2D eigenvalue weighted by Gasteiger charge is -2.11. The predicted octanol–water partition coefficient (Wildman–Crippen LogP) is 2.55. The Morgan fingerprint density at radius 1 is 1.50 bits per heavy atom. The molecule has 0 atom stereocenters. The van der Waals surface area contributed by atoms with Gasteiger partial charge in [-0.3, -0.25) is 0 Å². The van der Waals surface area contributed by atoms with Gasteiger partial charge < -0.3 is 9.84 Å². The number of ether oxygens (including phenoxy) is 1. The summed E-state index contributed by atoms with van der Waals surface area (Å²) in [5, 5.41) is 10.2. The molecule has 3 rings (SSSR count). The number of fused-ring (bicyclic) bond motifs is 1. The number of aryl methyl sites for hydroxylation is 1. The first-order valence-electron chi connectivity index (χ1n) is 6.74. The van der Waals surface area contributed by atoms with E-state index in [0.29, 0.717) is 23.8 Å². The molecule has 2 heterocycles. The number of aliphatic hydroxyl groups excluding tert-OH is 1. The SMILES string of the molecule is CCOC(=O)c1c(C2CC2)nc2snc(CO)c2c1C. The van der Waals surface area contributed by atoms with Gasteiger partial charge in [0.1, 0.15) is 4.83 Å². The van der Waals surface area contributed by atoms with Gasteiger partial charge in [0.15, 0.2) is 0 Å². The minimum absolute atomic E-state index is 0.145. The maximum absolute atomic E-state index is 12.2. The summed E-state index contributed by atoms with van der Waals surface area (Å²) in [6.07, 6.45) is 2.13. The summed E-state index contributed by atoms with van der Waals surface area (Å²) in [4.78, 5) is 17.6. The second-order valence-corrected chi connectivity index (χ2v) is 5.71. The zero-order chi connectivity index (χ0) is 14.3. The van der Waals surface area contributed by atoms with Crippen LogP contribution in [0.1, 0.15) is 53.0 Å². The molecule has 0 amide bonds. The summed E-state index contributed by atoms with van der Waals surface area (Å²) < 4.78 is 9.39. The highest BCUT2D eigenvalue weighted by Gasteiger charge is 2.33. The number of esters is 1. The van der Waals surface area contributed by atoms with Crippen molar-refractivity contribution in [3.8, 4) is 0 Å². The number of rotatable bonds is 4. The Balaban J connectivity index is 2.25. The molecule has 0 radical (unpaired) electrons. The van der Waals surface area contributed by atoms with Crippen molar-refractivity contribution in [3.63, 3.8) is 0 Å². The van der Waals surface area contributed by atoms with E-state index in [1.54, 1.807) is 6.92 Å². The molecule has 5 nitrogen and oxygen atoms in total. The number of hydrogen-bond donors (Lipinski definition) is 1. The summed E-state index contributed by atoms with van der Waals surface area (Å²) in [5.41, 5.74) is 2.81. The van der Waals surface area contributed by atoms with Crippen molar-refractivity contribution in [3.05, 3.63) is 22.5 Å². The third kappa shape index (κ3) is 2.09. The number of nitrogens with zero attached hydrogens (tertiary/aromatic N) is 2. The van der Waals surface area contributed by atoms with Crippen molar-refractivity contribution in [2.45, 2.75) is 39.2 Å². The standard InChI is InChI=1S/C14H16N2O3S/c1-3-19-14(18)11-7(2)10-9(6-17)16-20-13(10)15-12(11)8-4-5-8/h8,17H,3-6H2,1-2H3. The minimum Gasteiger partial charge on any atom is -0.462 e. The fourth-order valence-electron chi connectivity index (χ4n) is 2.47. The second-order valence-electron chi connectivity index (χ2n) is 4.96. The van der Waals surface area contributed by atoms with Crippen LogP contribution in [0.5, 0.6) is 0 Å². The Kier molecular flexibility index (Phi) is 3.43. The lowest BCUT2D eigenvalue weighted by atomic mass is 10.0. The van der Waals surface area contributed by atoms with Gasteiger partial charge in [0.25, 0.3) is 0 Å². The van der Waals surface area contributed by atoms with Crippen molar-refractivity contribution in [1.29, 1.82) is 0 Å². The monoisotopic (exact) mass is 292 g/mol. The minimum atomic E-state index is -0.323. The highest BCUT2D eigenvalue weighted by Crippen LogP contribution is 2.43. The number of aromatic nitrogens is 2. The summed E-state index contributed by atoms with van der Waals surface area (Å²) in [7, 11) is 0. The molecule has 0 unspecified atom stereocenters. The quantitative estimate of drug-likeness (QED) is 0.877. The average molecular weight is 292 g/mol. The van der Waals surface area contributed by atoms with Crippen molar-refractivity contribution in [2.75, 3.05) is 6.61 Å². The van der Waals surface area contributed by atoms with Gasteiger partial charge >= 0.3 is 5.97 Å². The maximum Gasteiger partial charge on any atom is 0.340 e. The number of hydrogen-bond acceptors (Lipinski definition) is 6. The summed E-state index contributed by atoms with van der Waals surface area (Å²) >= 11 is 1.27.